The van der Waals surface area contributed by atoms with Crippen molar-refractivity contribution >= 4 is 11.9 Å². The molecule has 1 aliphatic heterocycles. The largest absolute Gasteiger partial charge is 0.461 e. The summed E-state index contributed by atoms with van der Waals surface area (Å²) in [5, 5.41) is 19.8. The highest BCUT2D eigenvalue weighted by molar-refractivity contribution is 5.88. The van der Waals surface area contributed by atoms with Gasteiger partial charge in [-0.15, -0.1) is 0 Å². The van der Waals surface area contributed by atoms with Crippen molar-refractivity contribution in [3.05, 3.63) is 24.3 Å². The third kappa shape index (κ3) is 2.72. The summed E-state index contributed by atoms with van der Waals surface area (Å²) in [5.41, 5.74) is 0.394. The van der Waals surface area contributed by atoms with Crippen LogP contribution in [0.4, 0.5) is 0 Å². The Labute approximate surface area is 147 Å². The van der Waals surface area contributed by atoms with E-state index in [0.29, 0.717) is 19.3 Å². The molecule has 0 amide bonds. The van der Waals surface area contributed by atoms with Crippen molar-refractivity contribution in [1.82, 2.24) is 0 Å². The summed E-state index contributed by atoms with van der Waals surface area (Å²) in [5.74, 6) is -1.70. The number of esters is 2. The number of hydrogen-bond acceptors (Lipinski definition) is 6. The molecule has 3 fully saturated rings. The number of rotatable bonds is 3. The van der Waals surface area contributed by atoms with E-state index < -0.39 is 36.3 Å². The lowest BCUT2D eigenvalue weighted by Crippen LogP contribution is -2.58. The van der Waals surface area contributed by atoms with E-state index in [9.17, 15) is 14.7 Å². The lowest BCUT2D eigenvalue weighted by molar-refractivity contribution is -0.180. The maximum atomic E-state index is 12.1. The van der Waals surface area contributed by atoms with Crippen molar-refractivity contribution in [3.8, 4) is 0 Å². The summed E-state index contributed by atoms with van der Waals surface area (Å²) in [7, 11) is 0. The number of carbonyl (C=O) groups excluding carboxylic acids is 2. The number of aliphatic hydroxyl groups excluding tert-OH is 2. The number of aliphatic hydroxyl groups is 2. The molecule has 6 heteroatoms. The predicted octanol–water partition coefficient (Wildman–Crippen LogP) is 1.36. The average molecular weight is 350 g/mol. The Morgan fingerprint density at radius 3 is 2.80 bits per heavy atom. The molecule has 3 rings (SSSR count). The molecule has 2 saturated carbocycles. The van der Waals surface area contributed by atoms with E-state index in [1.54, 1.807) is 6.92 Å². The van der Waals surface area contributed by atoms with Gasteiger partial charge in [0.15, 0.2) is 0 Å². The first-order valence-electron chi connectivity index (χ1n) is 8.76. The zero-order valence-corrected chi connectivity index (χ0v) is 14.7. The quantitative estimate of drug-likeness (QED) is 0.454. The summed E-state index contributed by atoms with van der Waals surface area (Å²) in [6, 6.07) is 0. The van der Waals surface area contributed by atoms with Gasteiger partial charge in [-0.3, -0.25) is 4.79 Å². The van der Waals surface area contributed by atoms with E-state index in [2.05, 4.69) is 13.2 Å². The molecule has 2 N–H and O–H groups in total. The van der Waals surface area contributed by atoms with Crippen LogP contribution >= 0.6 is 0 Å². The molecule has 2 aliphatic carbocycles. The highest BCUT2D eigenvalue weighted by Gasteiger charge is 2.63. The van der Waals surface area contributed by atoms with Crippen molar-refractivity contribution in [3.63, 3.8) is 0 Å². The van der Waals surface area contributed by atoms with Gasteiger partial charge >= 0.3 is 11.9 Å². The molecule has 0 aromatic rings. The van der Waals surface area contributed by atoms with Crippen molar-refractivity contribution in [2.45, 2.75) is 51.4 Å². The molecule has 0 spiro atoms. The van der Waals surface area contributed by atoms with Crippen LogP contribution in [0, 0.1) is 23.2 Å². The smallest absolute Gasteiger partial charge is 0.336 e. The van der Waals surface area contributed by atoms with Crippen LogP contribution in [-0.4, -0.2) is 47.1 Å². The van der Waals surface area contributed by atoms with Gasteiger partial charge in [-0.25, -0.2) is 4.79 Å². The number of carbonyl (C=O) groups is 2. The van der Waals surface area contributed by atoms with Crippen LogP contribution in [0.2, 0.25) is 0 Å². The highest BCUT2D eigenvalue weighted by atomic mass is 16.6. The maximum Gasteiger partial charge on any atom is 0.336 e. The van der Waals surface area contributed by atoms with E-state index in [1.807, 2.05) is 6.92 Å². The average Bonchev–Trinajstić information content (AvgIpc) is 2.84. The normalized spacial score (nSPS) is 43.0. The minimum absolute atomic E-state index is 0.000277. The molecule has 1 heterocycles. The zero-order valence-electron chi connectivity index (χ0n) is 14.7. The lowest BCUT2D eigenvalue weighted by atomic mass is 9.53. The SMILES string of the molecule is C=C(CO)C(=O)O[C@H]1CCC(=C)[C@@H]2[C@H]3OC(=O)[C@@H](C)[C@@H]3[C@@H](O)C[C@@]12C. The molecule has 138 valence electrons. The first kappa shape index (κ1) is 18.1. The molecular formula is C19H26O6. The highest BCUT2D eigenvalue weighted by Crippen LogP contribution is 2.58. The molecule has 6 nitrogen and oxygen atoms in total. The van der Waals surface area contributed by atoms with E-state index in [1.165, 1.54) is 0 Å². The monoisotopic (exact) mass is 350 g/mol. The fourth-order valence-corrected chi connectivity index (χ4v) is 5.00. The van der Waals surface area contributed by atoms with Gasteiger partial charge < -0.3 is 19.7 Å². The Hall–Kier alpha value is -1.66. The van der Waals surface area contributed by atoms with Crippen molar-refractivity contribution in [2.24, 2.45) is 23.2 Å². The third-order valence-electron chi connectivity index (χ3n) is 6.34. The molecular weight excluding hydrogens is 324 g/mol. The van der Waals surface area contributed by atoms with Crippen molar-refractivity contribution in [2.75, 3.05) is 6.61 Å². The fourth-order valence-electron chi connectivity index (χ4n) is 5.00. The summed E-state index contributed by atoms with van der Waals surface area (Å²) in [6.07, 6.45) is 0.0533. The first-order valence-corrected chi connectivity index (χ1v) is 8.76. The van der Waals surface area contributed by atoms with Gasteiger partial charge in [-0.1, -0.05) is 32.6 Å². The fraction of sp³-hybridized carbons (Fsp3) is 0.684. The molecule has 0 aromatic carbocycles. The third-order valence-corrected chi connectivity index (χ3v) is 6.34. The van der Waals surface area contributed by atoms with E-state index in [0.717, 1.165) is 5.57 Å². The van der Waals surface area contributed by atoms with E-state index >= 15 is 0 Å². The molecule has 7 atom stereocenters. The van der Waals surface area contributed by atoms with Crippen LogP contribution in [-0.2, 0) is 19.1 Å². The summed E-state index contributed by atoms with van der Waals surface area (Å²) in [4.78, 5) is 24.2. The molecule has 0 bridgehead atoms. The Kier molecular flexibility index (Phi) is 4.54. The second-order valence-corrected chi connectivity index (χ2v) is 7.88. The molecule has 0 unspecified atom stereocenters. The van der Waals surface area contributed by atoms with Crippen LogP contribution < -0.4 is 0 Å². The standard InChI is InChI=1S/C19H26O6/c1-9-5-6-13(24-17(22)10(2)8-20)19(4)7-12(21)14-11(3)18(23)25-16(14)15(9)19/h11-16,20-21H,1-2,5-8H2,3-4H3/t11-,12-,13-,14+,15+,16-,19-/m0/s1. The van der Waals surface area contributed by atoms with Gasteiger partial charge in [-0.2, -0.15) is 0 Å². The van der Waals surface area contributed by atoms with Crippen molar-refractivity contribution < 1.29 is 29.3 Å². The number of hydrogen-bond donors (Lipinski definition) is 2. The Bertz CT molecular complexity index is 625. The summed E-state index contributed by atoms with van der Waals surface area (Å²) < 4.78 is 11.2. The summed E-state index contributed by atoms with van der Waals surface area (Å²) in [6.45, 7) is 11.0. The van der Waals surface area contributed by atoms with Gasteiger partial charge in [0.25, 0.3) is 0 Å². The van der Waals surface area contributed by atoms with Gasteiger partial charge in [0.2, 0.25) is 0 Å². The zero-order chi connectivity index (χ0) is 18.5. The molecule has 0 radical (unpaired) electrons. The second kappa shape index (κ2) is 6.25. The van der Waals surface area contributed by atoms with Gasteiger partial charge in [0, 0.05) is 17.3 Å². The van der Waals surface area contributed by atoms with E-state index in [-0.39, 0.29) is 29.3 Å². The molecule has 1 saturated heterocycles. The van der Waals surface area contributed by atoms with Crippen LogP contribution in [0.25, 0.3) is 0 Å². The van der Waals surface area contributed by atoms with Crippen LogP contribution in [0.3, 0.4) is 0 Å². The maximum absolute atomic E-state index is 12.1. The Balaban J connectivity index is 1.92. The van der Waals surface area contributed by atoms with Crippen LogP contribution in [0.5, 0.6) is 0 Å². The Morgan fingerprint density at radius 1 is 1.48 bits per heavy atom. The second-order valence-electron chi connectivity index (χ2n) is 7.88. The van der Waals surface area contributed by atoms with Crippen LogP contribution in [0.15, 0.2) is 24.3 Å². The predicted molar refractivity (Wildman–Crippen MR) is 89.2 cm³/mol. The van der Waals surface area contributed by atoms with Crippen LogP contribution in [0.1, 0.15) is 33.1 Å². The minimum atomic E-state index is -0.708. The molecule has 0 aromatic heterocycles. The number of ether oxygens (including phenoxy) is 2. The van der Waals surface area contributed by atoms with Crippen molar-refractivity contribution in [1.29, 1.82) is 0 Å². The molecule has 25 heavy (non-hydrogen) atoms. The topological polar surface area (TPSA) is 93.1 Å². The first-order chi connectivity index (χ1) is 11.7. The van der Waals surface area contributed by atoms with Gasteiger partial charge in [0.1, 0.15) is 12.2 Å². The number of fused-ring (bicyclic) bond motifs is 3. The minimum Gasteiger partial charge on any atom is -0.461 e. The van der Waals surface area contributed by atoms with Gasteiger partial charge in [-0.05, 0) is 19.3 Å². The lowest BCUT2D eigenvalue weighted by Gasteiger charge is -2.55. The van der Waals surface area contributed by atoms with Gasteiger partial charge in [0.05, 0.1) is 24.2 Å². The molecule has 3 aliphatic rings. The van der Waals surface area contributed by atoms with E-state index in [4.69, 9.17) is 14.6 Å². The summed E-state index contributed by atoms with van der Waals surface area (Å²) >= 11 is 0. The Morgan fingerprint density at radius 2 is 2.16 bits per heavy atom.